The van der Waals surface area contributed by atoms with Gasteiger partial charge in [-0.25, -0.2) is 0 Å². The summed E-state index contributed by atoms with van der Waals surface area (Å²) in [7, 11) is 0. The Kier molecular flexibility index (Phi) is 2.01. The third-order valence-electron chi connectivity index (χ3n) is 12.1. The third-order valence-corrected chi connectivity index (χ3v) is 12.1. The van der Waals surface area contributed by atoms with Crippen molar-refractivity contribution in [3.05, 3.63) is 12.2 Å². The van der Waals surface area contributed by atoms with Gasteiger partial charge < -0.3 is 0 Å². The summed E-state index contributed by atoms with van der Waals surface area (Å²) in [6.07, 6.45) is 16.7. The van der Waals surface area contributed by atoms with Crippen molar-refractivity contribution in [1.82, 2.24) is 0 Å². The SMILES string of the molecule is CCC12C3CC(C4C5C=CC(C5)C43)C1C1CC2C2C3CCC(C3)C12. The van der Waals surface area contributed by atoms with Gasteiger partial charge in [-0.05, 0) is 127 Å². The van der Waals surface area contributed by atoms with Gasteiger partial charge in [0.1, 0.15) is 0 Å². The lowest BCUT2D eigenvalue weighted by Crippen LogP contribution is -2.53. The molecule has 8 bridgehead atoms. The average molecular weight is 321 g/mol. The van der Waals surface area contributed by atoms with Crippen LogP contribution in [0.1, 0.15) is 51.9 Å². The first-order valence-electron chi connectivity index (χ1n) is 11.5. The first-order valence-corrected chi connectivity index (χ1v) is 11.5. The molecule has 0 amide bonds. The topological polar surface area (TPSA) is 0 Å². The van der Waals surface area contributed by atoms with Crippen LogP contribution in [0.15, 0.2) is 12.2 Å². The molecule has 0 aromatic carbocycles. The molecular weight excluding hydrogens is 288 g/mol. The third kappa shape index (κ3) is 1.04. The summed E-state index contributed by atoms with van der Waals surface area (Å²) < 4.78 is 0. The fourth-order valence-corrected chi connectivity index (χ4v) is 12.5. The summed E-state index contributed by atoms with van der Waals surface area (Å²) in [5, 5.41) is 0. The van der Waals surface area contributed by atoms with Crippen molar-refractivity contribution in [1.29, 1.82) is 0 Å². The van der Waals surface area contributed by atoms with E-state index in [9.17, 15) is 0 Å². The summed E-state index contributed by atoms with van der Waals surface area (Å²) in [6.45, 7) is 2.62. The summed E-state index contributed by atoms with van der Waals surface area (Å²) in [5.74, 6) is 14.9. The predicted octanol–water partition coefficient (Wildman–Crippen LogP) is 5.40. The molecule has 0 heteroatoms. The monoisotopic (exact) mass is 320 g/mol. The highest BCUT2D eigenvalue weighted by molar-refractivity contribution is 5.30. The number of hydrogen-bond acceptors (Lipinski definition) is 0. The second-order valence-corrected chi connectivity index (χ2v) is 11.6. The molecule has 0 heterocycles. The zero-order valence-electron chi connectivity index (χ0n) is 15.1. The van der Waals surface area contributed by atoms with Crippen LogP contribution in [-0.4, -0.2) is 0 Å². The minimum atomic E-state index is 0.834. The van der Waals surface area contributed by atoms with Gasteiger partial charge in [-0.15, -0.1) is 0 Å². The predicted molar refractivity (Wildman–Crippen MR) is 94.9 cm³/mol. The molecule has 14 unspecified atom stereocenters. The fourth-order valence-electron chi connectivity index (χ4n) is 12.5. The molecule has 0 aromatic rings. The van der Waals surface area contributed by atoms with Crippen LogP contribution in [0.25, 0.3) is 0 Å². The van der Waals surface area contributed by atoms with Crippen LogP contribution in [0.3, 0.4) is 0 Å². The van der Waals surface area contributed by atoms with Crippen molar-refractivity contribution in [3.63, 3.8) is 0 Å². The van der Waals surface area contributed by atoms with E-state index in [2.05, 4.69) is 19.1 Å². The summed E-state index contributed by atoms with van der Waals surface area (Å²) >= 11 is 0. The lowest BCUT2D eigenvalue weighted by atomic mass is 9.47. The van der Waals surface area contributed by atoms with Gasteiger partial charge in [0.2, 0.25) is 0 Å². The number of hydrogen-bond donors (Lipinski definition) is 0. The fraction of sp³-hybridized carbons (Fsp3) is 0.917. The highest BCUT2D eigenvalue weighted by Crippen LogP contribution is 2.85. The Hall–Kier alpha value is -0.260. The second-order valence-electron chi connectivity index (χ2n) is 11.6. The van der Waals surface area contributed by atoms with Crippen LogP contribution >= 0.6 is 0 Å². The van der Waals surface area contributed by atoms with E-state index in [0.29, 0.717) is 0 Å². The molecule has 14 atom stereocenters. The van der Waals surface area contributed by atoms with Crippen molar-refractivity contribution in [2.24, 2.45) is 82.3 Å². The van der Waals surface area contributed by atoms with Gasteiger partial charge in [-0.3, -0.25) is 0 Å². The Bertz CT molecular complexity index is 661. The van der Waals surface area contributed by atoms with Gasteiger partial charge in [-0.2, -0.15) is 0 Å². The molecule has 0 radical (unpaired) electrons. The highest BCUT2D eigenvalue weighted by Gasteiger charge is 2.80. The summed E-state index contributed by atoms with van der Waals surface area (Å²) in [6, 6.07) is 0. The molecule has 8 aliphatic carbocycles. The van der Waals surface area contributed by atoms with Crippen LogP contribution in [0.4, 0.5) is 0 Å². The molecule has 0 spiro atoms. The quantitative estimate of drug-likeness (QED) is 0.448. The molecule has 0 aliphatic heterocycles. The maximum Gasteiger partial charge on any atom is -0.0194 e. The first-order chi connectivity index (χ1) is 11.8. The smallest absolute Gasteiger partial charge is 0.0194 e. The van der Waals surface area contributed by atoms with E-state index >= 15 is 0 Å². The van der Waals surface area contributed by atoms with Crippen molar-refractivity contribution in [2.45, 2.75) is 51.9 Å². The van der Waals surface area contributed by atoms with Crippen LogP contribution in [-0.2, 0) is 0 Å². The zero-order valence-corrected chi connectivity index (χ0v) is 15.1. The second kappa shape index (κ2) is 3.72. The summed E-state index contributed by atoms with van der Waals surface area (Å²) in [4.78, 5) is 0. The van der Waals surface area contributed by atoms with Crippen LogP contribution in [0, 0.1) is 82.3 Å². The van der Waals surface area contributed by atoms with Gasteiger partial charge in [-0.1, -0.05) is 19.1 Å². The van der Waals surface area contributed by atoms with E-state index < -0.39 is 0 Å². The van der Waals surface area contributed by atoms with Crippen molar-refractivity contribution in [3.8, 4) is 0 Å². The number of fused-ring (bicyclic) bond motifs is 23. The van der Waals surface area contributed by atoms with Gasteiger partial charge in [0.15, 0.2) is 0 Å². The molecule has 24 heavy (non-hydrogen) atoms. The van der Waals surface area contributed by atoms with E-state index in [-0.39, 0.29) is 0 Å². The molecule has 8 rings (SSSR count). The Balaban J connectivity index is 1.30. The summed E-state index contributed by atoms with van der Waals surface area (Å²) in [5.41, 5.74) is 0.834. The highest BCUT2D eigenvalue weighted by atomic mass is 14.8. The van der Waals surface area contributed by atoms with Crippen molar-refractivity contribution >= 4 is 0 Å². The Morgan fingerprint density at radius 3 is 2.21 bits per heavy atom. The minimum absolute atomic E-state index is 0.834. The molecule has 0 nitrogen and oxygen atoms in total. The molecule has 8 aliphatic rings. The van der Waals surface area contributed by atoms with Crippen molar-refractivity contribution in [2.75, 3.05) is 0 Å². The van der Waals surface area contributed by atoms with Gasteiger partial charge >= 0.3 is 0 Å². The Morgan fingerprint density at radius 1 is 0.750 bits per heavy atom. The average Bonchev–Trinajstić information content (AvgIpc) is 3.45. The molecule has 0 aromatic heterocycles. The Labute approximate surface area is 146 Å². The normalized spacial score (nSPS) is 74.5. The molecule has 7 saturated carbocycles. The van der Waals surface area contributed by atoms with Gasteiger partial charge in [0, 0.05) is 0 Å². The number of rotatable bonds is 1. The van der Waals surface area contributed by atoms with E-state index in [1.54, 1.807) is 44.9 Å². The van der Waals surface area contributed by atoms with E-state index in [0.717, 1.165) is 40.9 Å². The minimum Gasteiger partial charge on any atom is -0.0848 e. The number of allylic oxidation sites excluding steroid dienone is 2. The van der Waals surface area contributed by atoms with E-state index in [1.165, 1.54) is 41.4 Å². The molecule has 128 valence electrons. The standard InChI is InChI=1S/C24H32/c1-2-24-17-9-15(19-11-3-5-13(7-11)21(17)19)23(24)16-10-18(24)22-14-6-4-12(8-14)20(16)22/h3,5,11-23H,2,4,6-10H2,1H3. The lowest BCUT2D eigenvalue weighted by molar-refractivity contribution is -0.0955. The largest absolute Gasteiger partial charge is 0.0848 e. The maximum atomic E-state index is 2.67. The van der Waals surface area contributed by atoms with Crippen LogP contribution in [0.5, 0.6) is 0 Å². The lowest BCUT2D eigenvalue weighted by Gasteiger charge is -2.57. The van der Waals surface area contributed by atoms with Crippen molar-refractivity contribution < 1.29 is 0 Å². The van der Waals surface area contributed by atoms with Gasteiger partial charge in [0.25, 0.3) is 0 Å². The molecular formula is C24H32. The maximum absolute atomic E-state index is 2.67. The van der Waals surface area contributed by atoms with Crippen LogP contribution in [0.2, 0.25) is 0 Å². The van der Waals surface area contributed by atoms with E-state index in [4.69, 9.17) is 0 Å². The van der Waals surface area contributed by atoms with Crippen LogP contribution < -0.4 is 0 Å². The van der Waals surface area contributed by atoms with E-state index in [1.807, 2.05) is 0 Å². The molecule has 0 N–H and O–H groups in total. The molecule has 0 saturated heterocycles. The first kappa shape index (κ1) is 13.0. The zero-order chi connectivity index (χ0) is 15.4. The Morgan fingerprint density at radius 2 is 1.42 bits per heavy atom. The molecule has 7 fully saturated rings. The van der Waals surface area contributed by atoms with Gasteiger partial charge in [0.05, 0.1) is 0 Å².